The van der Waals surface area contributed by atoms with E-state index < -0.39 is 0 Å². The molecule has 1 fully saturated rings. The third-order valence-electron chi connectivity index (χ3n) is 3.06. The fourth-order valence-electron chi connectivity index (χ4n) is 2.22. The minimum Gasteiger partial charge on any atom is -0.384 e. The normalized spacial score (nSPS) is 20.6. The SMILES string of the molecule is Nc1ccc2[nH]c(CC3CCNC3)nc2n1. The van der Waals surface area contributed by atoms with Crippen LogP contribution < -0.4 is 11.1 Å². The Bertz CT molecular complexity index is 498. The maximum Gasteiger partial charge on any atom is 0.179 e. The summed E-state index contributed by atoms with van der Waals surface area (Å²) in [6.07, 6.45) is 2.22. The molecular weight excluding hydrogens is 202 g/mol. The lowest BCUT2D eigenvalue weighted by Crippen LogP contribution is -2.11. The van der Waals surface area contributed by atoms with Gasteiger partial charge in [0.25, 0.3) is 0 Å². The van der Waals surface area contributed by atoms with Gasteiger partial charge in [-0.15, -0.1) is 0 Å². The van der Waals surface area contributed by atoms with Crippen LogP contribution in [0.2, 0.25) is 0 Å². The van der Waals surface area contributed by atoms with Gasteiger partial charge in [0.05, 0.1) is 5.52 Å². The monoisotopic (exact) mass is 217 g/mol. The highest BCUT2D eigenvalue weighted by Crippen LogP contribution is 2.16. The summed E-state index contributed by atoms with van der Waals surface area (Å²) in [6.45, 7) is 2.21. The average Bonchev–Trinajstić information content (AvgIpc) is 2.86. The van der Waals surface area contributed by atoms with E-state index >= 15 is 0 Å². The van der Waals surface area contributed by atoms with Gasteiger partial charge in [-0.2, -0.15) is 0 Å². The molecule has 16 heavy (non-hydrogen) atoms. The lowest BCUT2D eigenvalue weighted by Gasteiger charge is -2.03. The van der Waals surface area contributed by atoms with E-state index in [1.165, 1.54) is 6.42 Å². The van der Waals surface area contributed by atoms with Crippen LogP contribution >= 0.6 is 0 Å². The highest BCUT2D eigenvalue weighted by molar-refractivity contribution is 5.72. The molecule has 1 atom stereocenters. The summed E-state index contributed by atoms with van der Waals surface area (Å²) in [5.74, 6) is 2.23. The molecule has 1 aliphatic heterocycles. The highest BCUT2D eigenvalue weighted by Gasteiger charge is 2.16. The molecule has 0 bridgehead atoms. The molecule has 5 heteroatoms. The standard InChI is InChI=1S/C11H15N5/c12-9-2-1-8-11(15-9)16-10(14-8)5-7-3-4-13-6-7/h1-2,7,13H,3-6H2,(H3,12,14,15,16). The van der Waals surface area contributed by atoms with Gasteiger partial charge in [-0.25, -0.2) is 9.97 Å². The molecule has 0 amide bonds. The second-order valence-electron chi connectivity index (χ2n) is 4.35. The van der Waals surface area contributed by atoms with Crippen LogP contribution in [0.3, 0.4) is 0 Å². The predicted octanol–water partition coefficient (Wildman–Crippen LogP) is 0.692. The number of fused-ring (bicyclic) bond motifs is 1. The van der Waals surface area contributed by atoms with Crippen molar-refractivity contribution in [3.8, 4) is 0 Å². The van der Waals surface area contributed by atoms with Crippen LogP contribution in [-0.4, -0.2) is 28.0 Å². The Hall–Kier alpha value is -1.62. The number of pyridine rings is 1. The third-order valence-corrected chi connectivity index (χ3v) is 3.06. The summed E-state index contributed by atoms with van der Waals surface area (Å²) in [5.41, 5.74) is 7.31. The van der Waals surface area contributed by atoms with Gasteiger partial charge in [0.15, 0.2) is 5.65 Å². The number of aromatic nitrogens is 3. The quantitative estimate of drug-likeness (QED) is 0.691. The first-order valence-electron chi connectivity index (χ1n) is 5.63. The van der Waals surface area contributed by atoms with Crippen LogP contribution in [-0.2, 0) is 6.42 Å². The number of aromatic amines is 1. The fraction of sp³-hybridized carbons (Fsp3) is 0.455. The van der Waals surface area contributed by atoms with E-state index in [0.29, 0.717) is 11.7 Å². The van der Waals surface area contributed by atoms with E-state index in [1.54, 1.807) is 6.07 Å². The maximum absolute atomic E-state index is 5.62. The molecule has 3 heterocycles. The average molecular weight is 217 g/mol. The number of nitrogens with zero attached hydrogens (tertiary/aromatic N) is 2. The molecule has 5 nitrogen and oxygen atoms in total. The molecule has 1 aliphatic rings. The van der Waals surface area contributed by atoms with Crippen LogP contribution in [0.15, 0.2) is 12.1 Å². The minimum absolute atomic E-state index is 0.521. The van der Waals surface area contributed by atoms with Gasteiger partial charge in [0.1, 0.15) is 11.6 Å². The number of H-pyrrole nitrogens is 1. The van der Waals surface area contributed by atoms with Crippen molar-refractivity contribution in [1.82, 2.24) is 20.3 Å². The Balaban J connectivity index is 1.86. The second-order valence-corrected chi connectivity index (χ2v) is 4.35. The molecule has 2 aromatic rings. The largest absolute Gasteiger partial charge is 0.384 e. The summed E-state index contributed by atoms with van der Waals surface area (Å²) in [7, 11) is 0. The van der Waals surface area contributed by atoms with Gasteiger partial charge < -0.3 is 16.0 Å². The topological polar surface area (TPSA) is 79.6 Å². The molecule has 1 unspecified atom stereocenters. The molecule has 0 aromatic carbocycles. The van der Waals surface area contributed by atoms with E-state index in [-0.39, 0.29) is 0 Å². The van der Waals surface area contributed by atoms with Crippen molar-refractivity contribution in [2.45, 2.75) is 12.8 Å². The number of rotatable bonds is 2. The Kier molecular flexibility index (Phi) is 2.25. The number of imidazole rings is 1. The number of nitrogen functional groups attached to an aromatic ring is 1. The summed E-state index contributed by atoms with van der Waals surface area (Å²) >= 11 is 0. The van der Waals surface area contributed by atoms with Crippen molar-refractivity contribution in [2.75, 3.05) is 18.8 Å². The van der Waals surface area contributed by atoms with Crippen LogP contribution in [0.1, 0.15) is 12.2 Å². The summed E-state index contributed by atoms with van der Waals surface area (Å²) < 4.78 is 0. The third kappa shape index (κ3) is 1.74. The predicted molar refractivity (Wildman–Crippen MR) is 63.0 cm³/mol. The zero-order chi connectivity index (χ0) is 11.0. The van der Waals surface area contributed by atoms with Crippen molar-refractivity contribution < 1.29 is 0 Å². The molecule has 0 radical (unpaired) electrons. The molecule has 0 saturated carbocycles. The number of hydrogen-bond donors (Lipinski definition) is 3. The Morgan fingerprint density at radius 3 is 3.12 bits per heavy atom. The van der Waals surface area contributed by atoms with Crippen LogP contribution in [0.5, 0.6) is 0 Å². The Morgan fingerprint density at radius 1 is 1.38 bits per heavy atom. The van der Waals surface area contributed by atoms with Gasteiger partial charge in [-0.1, -0.05) is 0 Å². The van der Waals surface area contributed by atoms with Crippen molar-refractivity contribution in [1.29, 1.82) is 0 Å². The first-order chi connectivity index (χ1) is 7.81. The first kappa shape index (κ1) is 9.59. The number of hydrogen-bond acceptors (Lipinski definition) is 4. The Morgan fingerprint density at radius 2 is 2.31 bits per heavy atom. The van der Waals surface area contributed by atoms with E-state index in [1.807, 2.05) is 6.07 Å². The number of nitrogens with one attached hydrogen (secondary N) is 2. The van der Waals surface area contributed by atoms with Gasteiger partial charge in [0.2, 0.25) is 0 Å². The molecule has 2 aromatic heterocycles. The van der Waals surface area contributed by atoms with E-state index in [0.717, 1.165) is 36.5 Å². The smallest absolute Gasteiger partial charge is 0.179 e. The van der Waals surface area contributed by atoms with Gasteiger partial charge in [0, 0.05) is 6.42 Å². The summed E-state index contributed by atoms with van der Waals surface area (Å²) in [6, 6.07) is 3.72. The van der Waals surface area contributed by atoms with Crippen molar-refractivity contribution in [2.24, 2.45) is 5.92 Å². The van der Waals surface area contributed by atoms with Gasteiger partial charge in [-0.3, -0.25) is 0 Å². The molecular formula is C11H15N5. The molecule has 4 N–H and O–H groups in total. The molecule has 1 saturated heterocycles. The second kappa shape index (κ2) is 3.75. The van der Waals surface area contributed by atoms with E-state index in [2.05, 4.69) is 20.3 Å². The summed E-state index contributed by atoms with van der Waals surface area (Å²) in [5, 5.41) is 3.36. The van der Waals surface area contributed by atoms with E-state index in [4.69, 9.17) is 5.73 Å². The Labute approximate surface area is 93.5 Å². The number of anilines is 1. The lowest BCUT2D eigenvalue weighted by atomic mass is 10.1. The van der Waals surface area contributed by atoms with Gasteiger partial charge in [-0.05, 0) is 37.6 Å². The zero-order valence-electron chi connectivity index (χ0n) is 9.03. The summed E-state index contributed by atoms with van der Waals surface area (Å²) in [4.78, 5) is 11.9. The fourth-order valence-corrected chi connectivity index (χ4v) is 2.22. The highest BCUT2D eigenvalue weighted by atomic mass is 15.0. The zero-order valence-corrected chi connectivity index (χ0v) is 9.03. The molecule has 0 aliphatic carbocycles. The van der Waals surface area contributed by atoms with Gasteiger partial charge >= 0.3 is 0 Å². The van der Waals surface area contributed by atoms with Crippen molar-refractivity contribution >= 4 is 17.0 Å². The number of nitrogens with two attached hydrogens (primary N) is 1. The van der Waals surface area contributed by atoms with Crippen LogP contribution in [0, 0.1) is 5.92 Å². The van der Waals surface area contributed by atoms with Crippen molar-refractivity contribution in [3.05, 3.63) is 18.0 Å². The van der Waals surface area contributed by atoms with E-state index in [9.17, 15) is 0 Å². The minimum atomic E-state index is 0.521. The lowest BCUT2D eigenvalue weighted by molar-refractivity contribution is 0.565. The first-order valence-corrected chi connectivity index (χ1v) is 5.63. The van der Waals surface area contributed by atoms with Crippen LogP contribution in [0.25, 0.3) is 11.2 Å². The maximum atomic E-state index is 5.62. The molecule has 84 valence electrons. The van der Waals surface area contributed by atoms with Crippen LogP contribution in [0.4, 0.5) is 5.82 Å². The molecule has 3 rings (SSSR count). The molecule has 0 spiro atoms. The van der Waals surface area contributed by atoms with Crippen molar-refractivity contribution in [3.63, 3.8) is 0 Å².